The molecule has 0 saturated carbocycles. The highest BCUT2D eigenvalue weighted by molar-refractivity contribution is 8.00. The Hall–Kier alpha value is -4.87. The smallest absolute Gasteiger partial charge is 0.270 e. The van der Waals surface area contributed by atoms with Crippen LogP contribution in [0.3, 0.4) is 0 Å². The van der Waals surface area contributed by atoms with E-state index in [2.05, 4.69) is 15.6 Å². The molecule has 1 heterocycles. The second-order valence-electron chi connectivity index (χ2n) is 8.73. The molecule has 41 heavy (non-hydrogen) atoms. The summed E-state index contributed by atoms with van der Waals surface area (Å²) in [6, 6.07) is 27.8. The number of nitro benzene ring substituents is 1. The summed E-state index contributed by atoms with van der Waals surface area (Å²) in [5.74, 6) is -1.11. The molecule has 4 aromatic carbocycles. The molecule has 2 N–H and O–H groups in total. The van der Waals surface area contributed by atoms with Gasteiger partial charge in [-0.2, -0.15) is 0 Å². The Kier molecular flexibility index (Phi) is 8.47. The maximum Gasteiger partial charge on any atom is 0.270 e. The van der Waals surface area contributed by atoms with Gasteiger partial charge in [-0.05, 0) is 48.0 Å². The van der Waals surface area contributed by atoms with Crippen LogP contribution in [0.1, 0.15) is 21.2 Å². The van der Waals surface area contributed by atoms with Crippen LogP contribution < -0.4 is 10.6 Å². The lowest BCUT2D eigenvalue weighted by Crippen LogP contribution is -2.19. The second-order valence-corrected chi connectivity index (χ2v) is 10.8. The molecule has 0 radical (unpaired) electrons. The van der Waals surface area contributed by atoms with Gasteiger partial charge in [-0.3, -0.25) is 19.7 Å². The number of amides is 2. The number of halogens is 1. The first-order valence-electron chi connectivity index (χ1n) is 12.3. The topological polar surface area (TPSA) is 114 Å². The number of nitro groups is 1. The fourth-order valence-electron chi connectivity index (χ4n) is 3.90. The molecule has 0 aliphatic carbocycles. The van der Waals surface area contributed by atoms with Crippen LogP contribution in [-0.2, 0) is 4.79 Å². The van der Waals surface area contributed by atoms with Crippen molar-refractivity contribution >= 4 is 51.4 Å². The third-order valence-electron chi connectivity index (χ3n) is 5.88. The van der Waals surface area contributed by atoms with Crippen LogP contribution in [0.15, 0.2) is 113 Å². The number of hydrogen-bond donors (Lipinski definition) is 2. The Balaban J connectivity index is 1.33. The summed E-state index contributed by atoms with van der Waals surface area (Å²) < 4.78 is 13.2. The normalized spacial score (nSPS) is 11.4. The fraction of sp³-hybridized carbons (Fsp3) is 0.0333. The summed E-state index contributed by atoms with van der Waals surface area (Å²) >= 11 is 2.53. The SMILES string of the molecule is O=C(Nc1cccc(SC(C(=O)Nc2nc(-c3cccc([N+](=O)[O-])c3)cs2)c2ccccc2)c1)c1ccc(F)cc1. The van der Waals surface area contributed by atoms with Crippen molar-refractivity contribution in [3.05, 3.63) is 136 Å². The van der Waals surface area contributed by atoms with Gasteiger partial charge in [0.2, 0.25) is 5.91 Å². The van der Waals surface area contributed by atoms with Gasteiger partial charge in [0.25, 0.3) is 11.6 Å². The highest BCUT2D eigenvalue weighted by Gasteiger charge is 2.24. The van der Waals surface area contributed by atoms with Crippen LogP contribution in [0.4, 0.5) is 20.9 Å². The van der Waals surface area contributed by atoms with E-state index >= 15 is 0 Å². The standard InChI is InChI=1S/C30H21FN4O4S2/c31-22-14-12-20(13-15-22)28(36)32-23-9-5-11-25(17-23)41-27(19-6-2-1-3-7-19)29(37)34-30-33-26(18-40-30)21-8-4-10-24(16-21)35(38)39/h1-18,27H,(H,32,36)(H,33,34,37). The largest absolute Gasteiger partial charge is 0.322 e. The van der Waals surface area contributed by atoms with E-state index < -0.39 is 16.0 Å². The second kappa shape index (κ2) is 12.5. The number of non-ortho nitro benzene ring substituents is 1. The van der Waals surface area contributed by atoms with Crippen molar-refractivity contribution in [1.82, 2.24) is 4.98 Å². The maximum absolute atomic E-state index is 13.5. The minimum atomic E-state index is -0.649. The van der Waals surface area contributed by atoms with Crippen molar-refractivity contribution < 1.29 is 18.9 Å². The molecule has 0 aliphatic rings. The summed E-state index contributed by atoms with van der Waals surface area (Å²) in [7, 11) is 0. The molecule has 204 valence electrons. The molecule has 8 nitrogen and oxygen atoms in total. The van der Waals surface area contributed by atoms with E-state index in [9.17, 15) is 24.1 Å². The third-order valence-corrected chi connectivity index (χ3v) is 7.89. The number of carbonyl (C=O) groups excluding carboxylic acids is 2. The number of aromatic nitrogens is 1. The summed E-state index contributed by atoms with van der Waals surface area (Å²) in [5.41, 5.74) is 2.66. The van der Waals surface area contributed by atoms with E-state index in [0.29, 0.717) is 27.6 Å². The van der Waals surface area contributed by atoms with E-state index in [4.69, 9.17) is 0 Å². The van der Waals surface area contributed by atoms with E-state index in [1.54, 1.807) is 35.7 Å². The fourth-order valence-corrected chi connectivity index (χ4v) is 5.71. The first-order chi connectivity index (χ1) is 19.9. The number of anilines is 2. The average molecular weight is 585 g/mol. The van der Waals surface area contributed by atoms with Crippen LogP contribution in [0.2, 0.25) is 0 Å². The summed E-state index contributed by atoms with van der Waals surface area (Å²) in [6.45, 7) is 0. The van der Waals surface area contributed by atoms with Crippen LogP contribution >= 0.6 is 23.1 Å². The monoisotopic (exact) mass is 584 g/mol. The molecular weight excluding hydrogens is 563 g/mol. The van der Waals surface area contributed by atoms with Crippen molar-refractivity contribution in [2.45, 2.75) is 10.1 Å². The van der Waals surface area contributed by atoms with Gasteiger partial charge in [0, 0.05) is 39.2 Å². The van der Waals surface area contributed by atoms with Crippen molar-refractivity contribution in [3.63, 3.8) is 0 Å². The minimum Gasteiger partial charge on any atom is -0.322 e. The van der Waals surface area contributed by atoms with Gasteiger partial charge in [0.15, 0.2) is 5.13 Å². The quantitative estimate of drug-likeness (QED) is 0.105. The molecule has 5 aromatic rings. The van der Waals surface area contributed by atoms with Gasteiger partial charge in [0.1, 0.15) is 11.1 Å². The molecule has 0 bridgehead atoms. The molecule has 0 saturated heterocycles. The number of hydrogen-bond acceptors (Lipinski definition) is 7. The number of thiazole rings is 1. The average Bonchev–Trinajstić information content (AvgIpc) is 3.45. The van der Waals surface area contributed by atoms with Gasteiger partial charge < -0.3 is 10.6 Å². The number of nitrogens with zero attached hydrogens (tertiary/aromatic N) is 2. The molecule has 1 atom stereocenters. The Morgan fingerprint density at radius 2 is 1.66 bits per heavy atom. The van der Waals surface area contributed by atoms with Gasteiger partial charge >= 0.3 is 0 Å². The molecule has 1 aromatic heterocycles. The van der Waals surface area contributed by atoms with E-state index in [1.165, 1.54) is 59.5 Å². The van der Waals surface area contributed by atoms with Crippen LogP contribution in [-0.4, -0.2) is 21.7 Å². The molecule has 11 heteroatoms. The Labute approximate surface area is 242 Å². The Bertz CT molecular complexity index is 1710. The predicted molar refractivity (Wildman–Crippen MR) is 159 cm³/mol. The third kappa shape index (κ3) is 7.02. The van der Waals surface area contributed by atoms with Gasteiger partial charge in [-0.25, -0.2) is 9.37 Å². The van der Waals surface area contributed by atoms with Crippen molar-refractivity contribution in [2.24, 2.45) is 0 Å². The molecule has 0 fully saturated rings. The van der Waals surface area contributed by atoms with Crippen molar-refractivity contribution in [2.75, 3.05) is 10.6 Å². The van der Waals surface area contributed by atoms with Crippen molar-refractivity contribution in [1.29, 1.82) is 0 Å². The number of carbonyl (C=O) groups is 2. The summed E-state index contributed by atoms with van der Waals surface area (Å²) in [6.07, 6.45) is 0. The van der Waals surface area contributed by atoms with E-state index in [1.807, 2.05) is 36.4 Å². The molecule has 0 aliphatic heterocycles. The summed E-state index contributed by atoms with van der Waals surface area (Å²) in [4.78, 5) is 42.0. The molecule has 0 spiro atoms. The lowest BCUT2D eigenvalue weighted by Gasteiger charge is -2.17. The maximum atomic E-state index is 13.5. The summed E-state index contributed by atoms with van der Waals surface area (Å²) in [5, 5.41) is 18.3. The number of nitrogens with one attached hydrogen (secondary N) is 2. The lowest BCUT2D eigenvalue weighted by molar-refractivity contribution is -0.384. The van der Waals surface area contributed by atoms with E-state index in [0.717, 1.165) is 10.5 Å². The predicted octanol–water partition coefficient (Wildman–Crippen LogP) is 7.58. The molecule has 5 rings (SSSR count). The Morgan fingerprint density at radius 1 is 0.902 bits per heavy atom. The molecule has 1 unspecified atom stereocenters. The first kappa shape index (κ1) is 27.7. The Morgan fingerprint density at radius 3 is 2.41 bits per heavy atom. The first-order valence-corrected chi connectivity index (χ1v) is 14.0. The molecule has 2 amide bonds. The van der Waals surface area contributed by atoms with Crippen molar-refractivity contribution in [3.8, 4) is 11.3 Å². The van der Waals surface area contributed by atoms with Crippen LogP contribution in [0, 0.1) is 15.9 Å². The zero-order valence-corrected chi connectivity index (χ0v) is 22.8. The number of rotatable bonds is 9. The van der Waals surface area contributed by atoms with Gasteiger partial charge in [-0.1, -0.05) is 48.5 Å². The van der Waals surface area contributed by atoms with Gasteiger partial charge in [-0.15, -0.1) is 23.1 Å². The molecular formula is C30H21FN4O4S2. The van der Waals surface area contributed by atoms with Crippen LogP contribution in [0.5, 0.6) is 0 Å². The highest BCUT2D eigenvalue weighted by atomic mass is 32.2. The van der Waals surface area contributed by atoms with E-state index in [-0.39, 0.29) is 17.5 Å². The highest BCUT2D eigenvalue weighted by Crippen LogP contribution is 2.38. The minimum absolute atomic E-state index is 0.0438. The number of benzene rings is 4. The lowest BCUT2D eigenvalue weighted by atomic mass is 10.1. The zero-order chi connectivity index (χ0) is 28.8. The zero-order valence-electron chi connectivity index (χ0n) is 21.2. The van der Waals surface area contributed by atoms with Crippen LogP contribution in [0.25, 0.3) is 11.3 Å². The number of thioether (sulfide) groups is 1. The van der Waals surface area contributed by atoms with Gasteiger partial charge in [0.05, 0.1) is 10.6 Å².